The van der Waals surface area contributed by atoms with E-state index < -0.39 is 10.0 Å². The van der Waals surface area contributed by atoms with E-state index in [1.165, 1.54) is 0 Å². The van der Waals surface area contributed by atoms with E-state index in [1.807, 2.05) is 17.5 Å². The highest BCUT2D eigenvalue weighted by molar-refractivity contribution is 7.89. The van der Waals surface area contributed by atoms with Crippen molar-refractivity contribution in [2.75, 3.05) is 12.3 Å². The molecule has 16 heavy (non-hydrogen) atoms. The average molecular weight is 285 g/mol. The molecule has 3 N–H and O–H groups in total. The topological polar surface area (TPSA) is 72.2 Å². The van der Waals surface area contributed by atoms with Gasteiger partial charge in [0, 0.05) is 17.5 Å². The molecule has 0 saturated carbocycles. The lowest BCUT2D eigenvalue weighted by atomic mass is 10.4. The van der Waals surface area contributed by atoms with Crippen LogP contribution in [0.3, 0.4) is 0 Å². The molecule has 1 heterocycles. The van der Waals surface area contributed by atoms with Crippen molar-refractivity contribution in [1.29, 1.82) is 0 Å². The van der Waals surface area contributed by atoms with Gasteiger partial charge in [0.15, 0.2) is 0 Å². The summed E-state index contributed by atoms with van der Waals surface area (Å²) in [5.41, 5.74) is 5.35. The highest BCUT2D eigenvalue weighted by Crippen LogP contribution is 2.09. The number of aryl methyl sites for hydroxylation is 1. The first-order valence-electron chi connectivity index (χ1n) is 4.76. The quantitative estimate of drug-likeness (QED) is 0.818. The number of hydrogen-bond donors (Lipinski definition) is 2. The van der Waals surface area contributed by atoms with Crippen molar-refractivity contribution in [3.8, 4) is 0 Å². The zero-order chi connectivity index (χ0) is 11.3. The van der Waals surface area contributed by atoms with Crippen LogP contribution < -0.4 is 10.5 Å². The Labute approximate surface area is 107 Å². The van der Waals surface area contributed by atoms with Gasteiger partial charge in [-0.1, -0.05) is 6.07 Å². The molecule has 0 fully saturated rings. The zero-order valence-electron chi connectivity index (χ0n) is 9.05. The molecule has 1 atom stereocenters. The van der Waals surface area contributed by atoms with Gasteiger partial charge < -0.3 is 5.73 Å². The third-order valence-corrected chi connectivity index (χ3v) is 4.37. The Kier molecular flexibility index (Phi) is 7.17. The van der Waals surface area contributed by atoms with E-state index in [0.29, 0.717) is 13.0 Å². The normalized spacial score (nSPS) is 13.1. The molecule has 0 bridgehead atoms. The van der Waals surface area contributed by atoms with Gasteiger partial charge in [0.2, 0.25) is 10.0 Å². The molecule has 0 amide bonds. The molecule has 1 aromatic rings. The van der Waals surface area contributed by atoms with Crippen LogP contribution in [0.4, 0.5) is 0 Å². The second-order valence-corrected chi connectivity index (χ2v) is 6.31. The lowest BCUT2D eigenvalue weighted by molar-refractivity contribution is 0.562. The molecule has 0 radical (unpaired) electrons. The Bertz CT molecular complexity index is 378. The van der Waals surface area contributed by atoms with Crippen LogP contribution in [0.1, 0.15) is 11.8 Å². The molecule has 0 aliphatic rings. The summed E-state index contributed by atoms with van der Waals surface area (Å²) < 4.78 is 25.6. The maximum Gasteiger partial charge on any atom is 0.212 e. The van der Waals surface area contributed by atoms with E-state index in [0.717, 1.165) is 4.88 Å². The first kappa shape index (κ1) is 15.9. The number of nitrogens with two attached hydrogens (primary N) is 1. The van der Waals surface area contributed by atoms with Crippen LogP contribution >= 0.6 is 23.7 Å². The summed E-state index contributed by atoms with van der Waals surface area (Å²) in [7, 11) is -3.19. The van der Waals surface area contributed by atoms with Crippen molar-refractivity contribution in [2.45, 2.75) is 19.4 Å². The predicted octanol–water partition coefficient (Wildman–Crippen LogP) is 0.979. The van der Waals surface area contributed by atoms with Crippen molar-refractivity contribution in [3.63, 3.8) is 0 Å². The van der Waals surface area contributed by atoms with E-state index in [2.05, 4.69) is 4.72 Å². The minimum atomic E-state index is -3.19. The summed E-state index contributed by atoms with van der Waals surface area (Å²) in [4.78, 5) is 1.08. The molecule has 0 aromatic carbocycles. The molecule has 1 rings (SSSR count). The fourth-order valence-corrected chi connectivity index (χ4v) is 3.26. The predicted molar refractivity (Wildman–Crippen MR) is 70.7 cm³/mol. The molecule has 1 aromatic heterocycles. The van der Waals surface area contributed by atoms with Crippen LogP contribution in [0, 0.1) is 0 Å². The van der Waals surface area contributed by atoms with Gasteiger partial charge in [0.05, 0.1) is 5.75 Å². The van der Waals surface area contributed by atoms with Gasteiger partial charge in [-0.25, -0.2) is 13.1 Å². The van der Waals surface area contributed by atoms with E-state index in [1.54, 1.807) is 18.3 Å². The number of halogens is 1. The van der Waals surface area contributed by atoms with Crippen molar-refractivity contribution in [3.05, 3.63) is 22.4 Å². The molecular weight excluding hydrogens is 268 g/mol. The average Bonchev–Trinajstić information content (AvgIpc) is 2.66. The minimum Gasteiger partial charge on any atom is -0.329 e. The first-order valence-corrected chi connectivity index (χ1v) is 7.29. The van der Waals surface area contributed by atoms with Crippen LogP contribution in [0.15, 0.2) is 17.5 Å². The molecule has 0 aliphatic heterocycles. The van der Waals surface area contributed by atoms with Crippen LogP contribution in [-0.4, -0.2) is 26.8 Å². The Morgan fingerprint density at radius 1 is 1.56 bits per heavy atom. The zero-order valence-corrected chi connectivity index (χ0v) is 11.5. The van der Waals surface area contributed by atoms with Gasteiger partial charge in [-0.05, 0) is 24.8 Å². The summed E-state index contributed by atoms with van der Waals surface area (Å²) >= 11 is 1.57. The van der Waals surface area contributed by atoms with Crippen LogP contribution in [0.5, 0.6) is 0 Å². The summed E-state index contributed by atoms with van der Waals surface area (Å²) in [6, 6.07) is 3.66. The van der Waals surface area contributed by atoms with Crippen molar-refractivity contribution >= 4 is 33.8 Å². The van der Waals surface area contributed by atoms with Crippen LogP contribution in [-0.2, 0) is 16.4 Å². The number of sulfonamides is 1. The van der Waals surface area contributed by atoms with Gasteiger partial charge in [-0.2, -0.15) is 0 Å². The van der Waals surface area contributed by atoms with E-state index in [9.17, 15) is 8.42 Å². The monoisotopic (exact) mass is 284 g/mol. The third kappa shape index (κ3) is 5.81. The molecule has 0 saturated heterocycles. The van der Waals surface area contributed by atoms with Gasteiger partial charge in [-0.3, -0.25) is 0 Å². The minimum absolute atomic E-state index is 0. The van der Waals surface area contributed by atoms with Crippen LogP contribution in [0.25, 0.3) is 0 Å². The molecule has 0 spiro atoms. The summed E-state index contributed by atoms with van der Waals surface area (Å²) in [6.07, 6.45) is 0.560. The molecular formula is C9H17ClN2O2S2. The molecule has 7 heteroatoms. The largest absolute Gasteiger partial charge is 0.329 e. The summed E-state index contributed by atoms with van der Waals surface area (Å²) in [6.45, 7) is 2.07. The highest BCUT2D eigenvalue weighted by atomic mass is 35.5. The molecule has 0 unspecified atom stereocenters. The summed E-state index contributed by atoms with van der Waals surface area (Å²) in [5.74, 6) is 0.123. The molecule has 4 nitrogen and oxygen atoms in total. The van der Waals surface area contributed by atoms with E-state index in [4.69, 9.17) is 5.73 Å². The number of hydrogen-bond acceptors (Lipinski definition) is 4. The standard InChI is InChI=1S/C9H16N2O2S2.ClH/c1-8(7-10)11-15(12,13)6-4-9-3-2-5-14-9;/h2-3,5,8,11H,4,6-7,10H2,1H3;1H/t8-;/m1./s1. The Hall–Kier alpha value is -0.140. The Morgan fingerprint density at radius 2 is 2.25 bits per heavy atom. The SMILES string of the molecule is C[C@H](CN)NS(=O)(=O)CCc1cccs1.Cl. The molecule has 94 valence electrons. The fraction of sp³-hybridized carbons (Fsp3) is 0.556. The van der Waals surface area contributed by atoms with Gasteiger partial charge in [0.25, 0.3) is 0 Å². The van der Waals surface area contributed by atoms with E-state index >= 15 is 0 Å². The van der Waals surface area contributed by atoms with Gasteiger partial charge in [0.1, 0.15) is 0 Å². The maximum atomic E-state index is 11.5. The smallest absolute Gasteiger partial charge is 0.212 e. The number of thiophene rings is 1. The van der Waals surface area contributed by atoms with Gasteiger partial charge in [-0.15, -0.1) is 23.7 Å². The fourth-order valence-electron chi connectivity index (χ4n) is 1.10. The van der Waals surface area contributed by atoms with Crippen molar-refractivity contribution in [1.82, 2.24) is 4.72 Å². The lowest BCUT2D eigenvalue weighted by Gasteiger charge is -2.11. The third-order valence-electron chi connectivity index (χ3n) is 1.93. The second kappa shape index (κ2) is 7.24. The van der Waals surface area contributed by atoms with Crippen molar-refractivity contribution in [2.24, 2.45) is 5.73 Å². The van der Waals surface area contributed by atoms with Crippen LogP contribution in [0.2, 0.25) is 0 Å². The number of nitrogens with one attached hydrogen (secondary N) is 1. The highest BCUT2D eigenvalue weighted by Gasteiger charge is 2.13. The summed E-state index contributed by atoms with van der Waals surface area (Å²) in [5, 5.41) is 1.94. The first-order chi connectivity index (χ1) is 7.03. The second-order valence-electron chi connectivity index (χ2n) is 3.40. The Balaban J connectivity index is 0.00000225. The number of rotatable bonds is 6. The van der Waals surface area contributed by atoms with Crippen molar-refractivity contribution < 1.29 is 8.42 Å². The van der Waals surface area contributed by atoms with Gasteiger partial charge >= 0.3 is 0 Å². The van der Waals surface area contributed by atoms with E-state index in [-0.39, 0.29) is 24.2 Å². The Morgan fingerprint density at radius 3 is 2.75 bits per heavy atom. The lowest BCUT2D eigenvalue weighted by Crippen LogP contribution is -2.39. The molecule has 0 aliphatic carbocycles. The maximum absolute atomic E-state index is 11.5.